The third-order valence-corrected chi connectivity index (χ3v) is 6.37. The number of methoxy groups -OCH3 is 1. The van der Waals surface area contributed by atoms with Crippen molar-refractivity contribution in [2.75, 3.05) is 13.7 Å². The second-order valence-corrected chi connectivity index (χ2v) is 7.95. The Balaban J connectivity index is 1.96. The first kappa shape index (κ1) is 18.7. The highest BCUT2D eigenvalue weighted by Crippen LogP contribution is 2.50. The standard InChI is InChI=1S/C22H34O3/c1-4-9-15(10-5-2)17-13-18(22(23)24-3)19-14-25-21(20(17)19)16-11-7-6-8-12-16/h16,20-21H,4-14H2,1-3H3/t20-,21+/m1/s1. The van der Waals surface area contributed by atoms with Crippen LogP contribution in [0.15, 0.2) is 22.3 Å². The zero-order valence-electron chi connectivity index (χ0n) is 16.2. The van der Waals surface area contributed by atoms with Gasteiger partial charge >= 0.3 is 5.97 Å². The van der Waals surface area contributed by atoms with Gasteiger partial charge in [0, 0.05) is 17.9 Å². The molecule has 3 aliphatic rings. The molecule has 3 heteroatoms. The van der Waals surface area contributed by atoms with Crippen molar-refractivity contribution in [3.8, 4) is 0 Å². The molecule has 0 amide bonds. The lowest BCUT2D eigenvalue weighted by atomic mass is 9.77. The summed E-state index contributed by atoms with van der Waals surface area (Å²) in [7, 11) is 1.50. The molecular formula is C22H34O3. The molecule has 1 aliphatic heterocycles. The molecule has 25 heavy (non-hydrogen) atoms. The third kappa shape index (κ3) is 3.72. The van der Waals surface area contributed by atoms with Gasteiger partial charge in [-0.25, -0.2) is 4.79 Å². The Morgan fingerprint density at radius 2 is 1.80 bits per heavy atom. The van der Waals surface area contributed by atoms with E-state index < -0.39 is 0 Å². The summed E-state index contributed by atoms with van der Waals surface area (Å²) in [6.07, 6.45) is 12.3. The van der Waals surface area contributed by atoms with Crippen LogP contribution in [-0.4, -0.2) is 25.8 Å². The van der Waals surface area contributed by atoms with Gasteiger partial charge in [-0.2, -0.15) is 0 Å². The maximum Gasteiger partial charge on any atom is 0.334 e. The number of esters is 1. The van der Waals surface area contributed by atoms with E-state index in [2.05, 4.69) is 13.8 Å². The molecule has 1 saturated carbocycles. The van der Waals surface area contributed by atoms with E-state index >= 15 is 0 Å². The Morgan fingerprint density at radius 3 is 2.40 bits per heavy atom. The summed E-state index contributed by atoms with van der Waals surface area (Å²) < 4.78 is 11.4. The lowest BCUT2D eigenvalue weighted by Crippen LogP contribution is -2.29. The summed E-state index contributed by atoms with van der Waals surface area (Å²) in [5.74, 6) is 0.869. The Bertz CT molecular complexity index is 544. The van der Waals surface area contributed by atoms with Gasteiger partial charge in [0.25, 0.3) is 0 Å². The van der Waals surface area contributed by atoms with Crippen LogP contribution in [0, 0.1) is 11.8 Å². The maximum atomic E-state index is 12.4. The highest BCUT2D eigenvalue weighted by molar-refractivity contribution is 5.91. The first-order valence-electron chi connectivity index (χ1n) is 10.3. The molecule has 2 fully saturated rings. The summed E-state index contributed by atoms with van der Waals surface area (Å²) in [5.41, 5.74) is 5.22. The van der Waals surface area contributed by atoms with Crippen LogP contribution in [0.3, 0.4) is 0 Å². The lowest BCUT2D eigenvalue weighted by molar-refractivity contribution is -0.136. The van der Waals surface area contributed by atoms with Crippen LogP contribution < -0.4 is 0 Å². The molecule has 0 N–H and O–H groups in total. The fraction of sp³-hybridized carbons (Fsp3) is 0.773. The molecule has 0 radical (unpaired) electrons. The van der Waals surface area contributed by atoms with Gasteiger partial charge in [-0.05, 0) is 37.2 Å². The number of fused-ring (bicyclic) bond motifs is 1. The summed E-state index contributed by atoms with van der Waals surface area (Å²) in [6.45, 7) is 5.14. The van der Waals surface area contributed by atoms with Crippen LogP contribution in [0.5, 0.6) is 0 Å². The largest absolute Gasteiger partial charge is 0.466 e. The lowest BCUT2D eigenvalue weighted by Gasteiger charge is -2.31. The summed E-state index contributed by atoms with van der Waals surface area (Å²) in [5, 5.41) is 0. The first-order chi connectivity index (χ1) is 12.2. The Kier molecular flexibility index (Phi) is 6.38. The van der Waals surface area contributed by atoms with E-state index in [-0.39, 0.29) is 12.1 Å². The minimum atomic E-state index is -0.143. The van der Waals surface area contributed by atoms with Crippen molar-refractivity contribution in [2.45, 2.75) is 84.2 Å². The summed E-state index contributed by atoms with van der Waals surface area (Å²) in [4.78, 5) is 12.4. The van der Waals surface area contributed by atoms with Gasteiger partial charge in [-0.3, -0.25) is 0 Å². The average molecular weight is 347 g/mol. The zero-order chi connectivity index (χ0) is 17.8. The Hall–Kier alpha value is -1.09. The highest BCUT2D eigenvalue weighted by Gasteiger charge is 2.47. The van der Waals surface area contributed by atoms with Crippen LogP contribution in [0.1, 0.15) is 78.1 Å². The molecule has 2 atom stereocenters. The van der Waals surface area contributed by atoms with E-state index in [4.69, 9.17) is 9.47 Å². The van der Waals surface area contributed by atoms with Crippen molar-refractivity contribution < 1.29 is 14.3 Å². The minimum absolute atomic E-state index is 0.143. The molecule has 3 rings (SSSR count). The van der Waals surface area contributed by atoms with E-state index in [1.807, 2.05) is 0 Å². The molecule has 0 unspecified atom stereocenters. The van der Waals surface area contributed by atoms with E-state index in [0.717, 1.165) is 24.8 Å². The molecule has 1 saturated heterocycles. The van der Waals surface area contributed by atoms with Gasteiger partial charge in [0.2, 0.25) is 0 Å². The fourth-order valence-corrected chi connectivity index (χ4v) is 5.26. The Labute approximate surface area is 152 Å². The van der Waals surface area contributed by atoms with Crippen molar-refractivity contribution in [3.05, 3.63) is 22.3 Å². The van der Waals surface area contributed by atoms with E-state index in [1.165, 1.54) is 63.2 Å². The first-order valence-corrected chi connectivity index (χ1v) is 10.3. The third-order valence-electron chi connectivity index (χ3n) is 6.37. The zero-order valence-corrected chi connectivity index (χ0v) is 16.2. The summed E-state index contributed by atoms with van der Waals surface area (Å²) in [6, 6.07) is 0. The van der Waals surface area contributed by atoms with Gasteiger partial charge < -0.3 is 9.47 Å². The number of hydrogen-bond donors (Lipinski definition) is 0. The molecule has 0 aromatic heterocycles. The number of carbonyl (C=O) groups is 1. The van der Waals surface area contributed by atoms with Crippen molar-refractivity contribution in [1.82, 2.24) is 0 Å². The molecule has 140 valence electrons. The molecule has 0 aromatic carbocycles. The van der Waals surface area contributed by atoms with Crippen molar-refractivity contribution in [2.24, 2.45) is 11.8 Å². The van der Waals surface area contributed by atoms with Crippen LogP contribution in [0.25, 0.3) is 0 Å². The van der Waals surface area contributed by atoms with Crippen molar-refractivity contribution in [1.29, 1.82) is 0 Å². The topological polar surface area (TPSA) is 35.5 Å². The Morgan fingerprint density at radius 1 is 1.12 bits per heavy atom. The van der Waals surface area contributed by atoms with Gasteiger partial charge in [0.05, 0.1) is 19.8 Å². The van der Waals surface area contributed by atoms with Gasteiger partial charge in [-0.15, -0.1) is 0 Å². The van der Waals surface area contributed by atoms with Crippen LogP contribution in [0.4, 0.5) is 0 Å². The number of allylic oxidation sites excluding steroid dienone is 1. The fourth-order valence-electron chi connectivity index (χ4n) is 5.26. The average Bonchev–Trinajstić information content (AvgIpc) is 3.22. The molecule has 2 aliphatic carbocycles. The molecular weight excluding hydrogens is 312 g/mol. The van der Waals surface area contributed by atoms with E-state index in [9.17, 15) is 4.79 Å². The predicted molar refractivity (Wildman–Crippen MR) is 100 cm³/mol. The van der Waals surface area contributed by atoms with E-state index in [0.29, 0.717) is 18.4 Å². The highest BCUT2D eigenvalue weighted by atomic mass is 16.5. The van der Waals surface area contributed by atoms with Gasteiger partial charge in [0.1, 0.15) is 0 Å². The monoisotopic (exact) mass is 346 g/mol. The second kappa shape index (κ2) is 8.53. The minimum Gasteiger partial charge on any atom is -0.466 e. The molecule has 0 aromatic rings. The maximum absolute atomic E-state index is 12.4. The second-order valence-electron chi connectivity index (χ2n) is 7.95. The van der Waals surface area contributed by atoms with Gasteiger partial charge in [-0.1, -0.05) is 57.1 Å². The van der Waals surface area contributed by atoms with Crippen molar-refractivity contribution in [3.63, 3.8) is 0 Å². The van der Waals surface area contributed by atoms with Crippen LogP contribution >= 0.6 is 0 Å². The van der Waals surface area contributed by atoms with Crippen molar-refractivity contribution >= 4 is 5.97 Å². The van der Waals surface area contributed by atoms with E-state index in [1.54, 1.807) is 5.57 Å². The number of rotatable bonds is 6. The molecule has 0 bridgehead atoms. The van der Waals surface area contributed by atoms with Crippen LogP contribution in [-0.2, 0) is 14.3 Å². The van der Waals surface area contributed by atoms with Crippen LogP contribution in [0.2, 0.25) is 0 Å². The smallest absolute Gasteiger partial charge is 0.334 e. The quantitative estimate of drug-likeness (QED) is 0.480. The number of hydrogen-bond acceptors (Lipinski definition) is 3. The molecule has 1 heterocycles. The summed E-state index contributed by atoms with van der Waals surface area (Å²) >= 11 is 0. The number of ether oxygens (including phenoxy) is 2. The van der Waals surface area contributed by atoms with Gasteiger partial charge in [0.15, 0.2) is 0 Å². The normalized spacial score (nSPS) is 26.9. The predicted octanol–water partition coefficient (Wildman–Crippen LogP) is 5.35. The molecule has 0 spiro atoms. The molecule has 3 nitrogen and oxygen atoms in total. The SMILES string of the molecule is CCCC(CCC)=C1CC(C(=O)OC)=C2CO[C@@H](C3CCCCC3)[C@H]12. The number of carbonyl (C=O) groups excluding carboxylic acids is 1.